The van der Waals surface area contributed by atoms with Crippen molar-refractivity contribution in [2.45, 2.75) is 77.2 Å². The number of ether oxygens (including phenoxy) is 1. The van der Waals surface area contributed by atoms with Crippen LogP contribution in [0.3, 0.4) is 0 Å². The van der Waals surface area contributed by atoms with Crippen molar-refractivity contribution in [2.24, 2.45) is 0 Å². The SMILES string of the molecule is CCCCCCCCCCC(CI)OC(F)(F)F. The Morgan fingerprint density at radius 3 is 1.89 bits per heavy atom. The number of hydrogen-bond acceptors (Lipinski definition) is 1. The van der Waals surface area contributed by atoms with E-state index in [2.05, 4.69) is 11.7 Å². The van der Waals surface area contributed by atoms with Crippen molar-refractivity contribution in [3.05, 3.63) is 0 Å². The zero-order valence-electron chi connectivity index (χ0n) is 11.1. The molecule has 0 saturated heterocycles. The largest absolute Gasteiger partial charge is 0.522 e. The van der Waals surface area contributed by atoms with Gasteiger partial charge in [0.25, 0.3) is 0 Å². The van der Waals surface area contributed by atoms with Gasteiger partial charge in [-0.2, -0.15) is 0 Å². The van der Waals surface area contributed by atoms with Crippen LogP contribution in [0.4, 0.5) is 13.2 Å². The number of hydrogen-bond donors (Lipinski definition) is 0. The lowest BCUT2D eigenvalue weighted by molar-refractivity contribution is -0.339. The van der Waals surface area contributed by atoms with Crippen LogP contribution >= 0.6 is 22.6 Å². The lowest BCUT2D eigenvalue weighted by atomic mass is 10.1. The molecular weight excluding hydrogens is 356 g/mol. The third-order valence-corrected chi connectivity index (χ3v) is 3.83. The van der Waals surface area contributed by atoms with Crippen molar-refractivity contribution in [3.8, 4) is 0 Å². The summed E-state index contributed by atoms with van der Waals surface area (Å²) in [5.74, 6) is 0. The van der Waals surface area contributed by atoms with E-state index in [1.54, 1.807) is 0 Å². The molecule has 0 aliphatic rings. The molecule has 0 heterocycles. The van der Waals surface area contributed by atoms with E-state index < -0.39 is 12.5 Å². The Hall–Kier alpha value is 0.480. The van der Waals surface area contributed by atoms with Gasteiger partial charge in [0, 0.05) is 4.43 Å². The van der Waals surface area contributed by atoms with E-state index in [0.717, 1.165) is 19.3 Å². The third-order valence-electron chi connectivity index (χ3n) is 2.85. The molecular formula is C13H24F3IO. The van der Waals surface area contributed by atoms with Crippen molar-refractivity contribution in [1.82, 2.24) is 0 Å². The molecule has 0 spiro atoms. The molecule has 5 heteroatoms. The molecule has 0 bridgehead atoms. The van der Waals surface area contributed by atoms with Gasteiger partial charge in [0.1, 0.15) is 0 Å². The summed E-state index contributed by atoms with van der Waals surface area (Å²) in [4.78, 5) is 0. The van der Waals surface area contributed by atoms with E-state index in [-0.39, 0.29) is 0 Å². The van der Waals surface area contributed by atoms with Crippen LogP contribution in [0.25, 0.3) is 0 Å². The number of alkyl halides is 4. The summed E-state index contributed by atoms with van der Waals surface area (Å²) in [6, 6.07) is 0. The number of unbranched alkanes of at least 4 members (excludes halogenated alkanes) is 7. The van der Waals surface area contributed by atoms with Crippen molar-refractivity contribution in [3.63, 3.8) is 0 Å². The Labute approximate surface area is 122 Å². The molecule has 0 aromatic rings. The first-order valence-corrected chi connectivity index (χ1v) is 8.32. The fourth-order valence-corrected chi connectivity index (χ4v) is 2.48. The standard InChI is InChI=1S/C13H24F3IO/c1-2-3-4-5-6-7-8-9-10-12(11-17)18-13(14,15)16/h12H,2-11H2,1H3. The maximum atomic E-state index is 12.0. The van der Waals surface area contributed by atoms with Crippen molar-refractivity contribution in [1.29, 1.82) is 0 Å². The van der Waals surface area contributed by atoms with E-state index in [0.29, 0.717) is 10.8 Å². The van der Waals surface area contributed by atoms with Gasteiger partial charge in [-0.25, -0.2) is 0 Å². The van der Waals surface area contributed by atoms with Gasteiger partial charge in [0.2, 0.25) is 0 Å². The highest BCUT2D eigenvalue weighted by Crippen LogP contribution is 2.22. The van der Waals surface area contributed by atoms with E-state index in [1.807, 2.05) is 22.6 Å². The van der Waals surface area contributed by atoms with Gasteiger partial charge < -0.3 is 0 Å². The van der Waals surface area contributed by atoms with E-state index >= 15 is 0 Å². The Kier molecular flexibility index (Phi) is 11.6. The molecule has 0 amide bonds. The topological polar surface area (TPSA) is 9.23 Å². The molecule has 0 N–H and O–H groups in total. The first kappa shape index (κ1) is 18.5. The predicted octanol–water partition coefficient (Wildman–Crippen LogP) is 5.86. The molecule has 0 aromatic carbocycles. The minimum Gasteiger partial charge on any atom is -0.288 e. The van der Waals surface area contributed by atoms with Crippen LogP contribution in [0.2, 0.25) is 0 Å². The first-order chi connectivity index (χ1) is 8.49. The Morgan fingerprint density at radius 1 is 0.944 bits per heavy atom. The average Bonchev–Trinajstić information content (AvgIpc) is 2.29. The molecule has 0 aliphatic heterocycles. The summed E-state index contributed by atoms with van der Waals surface area (Å²) in [6.07, 6.45) is 4.59. The van der Waals surface area contributed by atoms with Gasteiger partial charge in [0.05, 0.1) is 6.10 Å². The molecule has 0 saturated carbocycles. The van der Waals surface area contributed by atoms with Crippen LogP contribution in [-0.2, 0) is 4.74 Å². The monoisotopic (exact) mass is 380 g/mol. The summed E-state index contributed by atoms with van der Waals surface area (Å²) in [7, 11) is 0. The summed E-state index contributed by atoms with van der Waals surface area (Å²) in [6.45, 7) is 2.19. The van der Waals surface area contributed by atoms with Crippen LogP contribution in [0.5, 0.6) is 0 Å². The summed E-state index contributed by atoms with van der Waals surface area (Å²) < 4.78 is 40.5. The second-order valence-electron chi connectivity index (χ2n) is 4.60. The molecule has 1 unspecified atom stereocenters. The molecule has 18 heavy (non-hydrogen) atoms. The van der Waals surface area contributed by atoms with E-state index in [1.165, 1.54) is 32.1 Å². The minimum absolute atomic E-state index is 0.397. The van der Waals surface area contributed by atoms with E-state index in [9.17, 15) is 13.2 Å². The van der Waals surface area contributed by atoms with Crippen LogP contribution in [0, 0.1) is 0 Å². The molecule has 0 radical (unpaired) electrons. The second-order valence-corrected chi connectivity index (χ2v) is 5.48. The van der Waals surface area contributed by atoms with Crippen molar-refractivity contribution >= 4 is 22.6 Å². The Bertz CT molecular complexity index is 186. The normalized spacial score (nSPS) is 13.8. The van der Waals surface area contributed by atoms with Crippen LogP contribution in [0.1, 0.15) is 64.7 Å². The summed E-state index contributed by atoms with van der Waals surface area (Å²) in [5.41, 5.74) is 0. The second kappa shape index (κ2) is 11.3. The van der Waals surface area contributed by atoms with Gasteiger partial charge in [-0.05, 0) is 6.42 Å². The van der Waals surface area contributed by atoms with Crippen molar-refractivity contribution < 1.29 is 17.9 Å². The highest BCUT2D eigenvalue weighted by Gasteiger charge is 2.32. The predicted molar refractivity (Wildman–Crippen MR) is 77.0 cm³/mol. The summed E-state index contributed by atoms with van der Waals surface area (Å²) in [5, 5.41) is 0. The first-order valence-electron chi connectivity index (χ1n) is 6.80. The number of halogens is 4. The van der Waals surface area contributed by atoms with Crippen LogP contribution in [0.15, 0.2) is 0 Å². The zero-order chi connectivity index (χ0) is 13.9. The fraction of sp³-hybridized carbons (Fsp3) is 1.00. The molecule has 110 valence electrons. The molecule has 1 nitrogen and oxygen atoms in total. The smallest absolute Gasteiger partial charge is 0.288 e. The average molecular weight is 380 g/mol. The maximum Gasteiger partial charge on any atom is 0.522 e. The van der Waals surface area contributed by atoms with Crippen LogP contribution < -0.4 is 0 Å². The van der Waals surface area contributed by atoms with Crippen molar-refractivity contribution in [2.75, 3.05) is 4.43 Å². The van der Waals surface area contributed by atoms with Gasteiger partial charge in [-0.15, -0.1) is 13.2 Å². The minimum atomic E-state index is -4.49. The van der Waals surface area contributed by atoms with E-state index in [4.69, 9.17) is 0 Å². The van der Waals surface area contributed by atoms with Gasteiger partial charge in [-0.1, -0.05) is 80.9 Å². The highest BCUT2D eigenvalue weighted by atomic mass is 127. The molecule has 0 fully saturated rings. The number of rotatable bonds is 11. The zero-order valence-corrected chi connectivity index (χ0v) is 13.2. The third kappa shape index (κ3) is 12.9. The van der Waals surface area contributed by atoms with Gasteiger partial charge in [-0.3, -0.25) is 4.74 Å². The highest BCUT2D eigenvalue weighted by molar-refractivity contribution is 14.1. The lowest BCUT2D eigenvalue weighted by Crippen LogP contribution is -2.24. The fourth-order valence-electron chi connectivity index (χ4n) is 1.86. The Morgan fingerprint density at radius 2 is 1.44 bits per heavy atom. The molecule has 0 rings (SSSR count). The van der Waals surface area contributed by atoms with Gasteiger partial charge >= 0.3 is 6.36 Å². The molecule has 1 atom stereocenters. The van der Waals surface area contributed by atoms with Gasteiger partial charge in [0.15, 0.2) is 0 Å². The quantitative estimate of drug-likeness (QED) is 0.248. The maximum absolute atomic E-state index is 12.0. The van der Waals surface area contributed by atoms with Crippen LogP contribution in [-0.4, -0.2) is 16.9 Å². The lowest BCUT2D eigenvalue weighted by Gasteiger charge is -2.16. The Balaban J connectivity index is 3.40. The summed E-state index contributed by atoms with van der Waals surface area (Å²) >= 11 is 1.95. The molecule has 0 aliphatic carbocycles. The molecule has 0 aromatic heterocycles.